The fourth-order valence-corrected chi connectivity index (χ4v) is 1.96. The number of nitrogens with two attached hydrogens (primary N) is 1. The van der Waals surface area contributed by atoms with Gasteiger partial charge in [-0.2, -0.15) is 0 Å². The molecule has 100 valence electrons. The minimum absolute atomic E-state index is 0.292. The van der Waals surface area contributed by atoms with Crippen molar-refractivity contribution in [2.24, 2.45) is 0 Å². The number of methoxy groups -OCH3 is 2. The van der Waals surface area contributed by atoms with Crippen LogP contribution < -0.4 is 15.2 Å². The third-order valence-corrected chi connectivity index (χ3v) is 2.89. The maximum absolute atomic E-state index is 10.4. The molecule has 5 heteroatoms. The van der Waals surface area contributed by atoms with Gasteiger partial charge in [0.05, 0.1) is 14.2 Å². The zero-order chi connectivity index (χ0) is 13.8. The van der Waals surface area contributed by atoms with E-state index in [0.717, 1.165) is 0 Å². The Kier molecular flexibility index (Phi) is 3.87. The highest BCUT2D eigenvalue weighted by Crippen LogP contribution is 2.37. The summed E-state index contributed by atoms with van der Waals surface area (Å²) < 4.78 is 10.5. The molecule has 1 aromatic carbocycles. The fourth-order valence-electron chi connectivity index (χ4n) is 1.96. The molecule has 0 aliphatic heterocycles. The van der Waals surface area contributed by atoms with Gasteiger partial charge < -0.3 is 20.3 Å². The standard InChI is InChI=1S/C14H16N2O3/c1-18-11-7-3-5-9(13(11)19-2)12(17)10-6-4-8-16-14(10)15/h3-8,12,17H,1-2H3,(H2,15,16). The fraction of sp³-hybridized carbons (Fsp3) is 0.214. The molecule has 0 aliphatic carbocycles. The molecule has 1 atom stereocenters. The van der Waals surface area contributed by atoms with E-state index < -0.39 is 6.10 Å². The van der Waals surface area contributed by atoms with Crippen LogP contribution in [0.25, 0.3) is 0 Å². The number of pyridine rings is 1. The molecule has 0 bridgehead atoms. The van der Waals surface area contributed by atoms with Gasteiger partial charge >= 0.3 is 0 Å². The minimum Gasteiger partial charge on any atom is -0.493 e. The molecule has 0 saturated heterocycles. The number of aliphatic hydroxyl groups excluding tert-OH is 1. The molecule has 1 unspecified atom stereocenters. The highest BCUT2D eigenvalue weighted by molar-refractivity contribution is 5.53. The Balaban J connectivity index is 2.50. The monoisotopic (exact) mass is 260 g/mol. The number of para-hydroxylation sites is 1. The molecule has 2 rings (SSSR count). The van der Waals surface area contributed by atoms with Crippen LogP contribution in [0.5, 0.6) is 11.5 Å². The Labute approximate surface area is 111 Å². The van der Waals surface area contributed by atoms with Crippen molar-refractivity contribution in [1.82, 2.24) is 4.98 Å². The summed E-state index contributed by atoms with van der Waals surface area (Å²) in [5.74, 6) is 1.34. The van der Waals surface area contributed by atoms with Crippen LogP contribution in [0, 0.1) is 0 Å². The zero-order valence-electron chi connectivity index (χ0n) is 10.8. The van der Waals surface area contributed by atoms with Crippen molar-refractivity contribution in [3.8, 4) is 11.5 Å². The van der Waals surface area contributed by atoms with Crippen LogP contribution in [0.15, 0.2) is 36.5 Å². The Hall–Kier alpha value is -2.27. The number of hydrogen-bond acceptors (Lipinski definition) is 5. The van der Waals surface area contributed by atoms with Crippen LogP contribution in [-0.2, 0) is 0 Å². The van der Waals surface area contributed by atoms with Gasteiger partial charge in [0.25, 0.3) is 0 Å². The van der Waals surface area contributed by atoms with Gasteiger partial charge in [-0.25, -0.2) is 4.98 Å². The number of hydrogen-bond donors (Lipinski definition) is 2. The number of rotatable bonds is 4. The Morgan fingerprint density at radius 2 is 1.84 bits per heavy atom. The molecule has 0 radical (unpaired) electrons. The largest absolute Gasteiger partial charge is 0.493 e. The van der Waals surface area contributed by atoms with Gasteiger partial charge in [-0.05, 0) is 12.1 Å². The van der Waals surface area contributed by atoms with Crippen molar-refractivity contribution in [3.05, 3.63) is 47.7 Å². The predicted molar refractivity (Wildman–Crippen MR) is 72.3 cm³/mol. The third-order valence-electron chi connectivity index (χ3n) is 2.89. The average Bonchev–Trinajstić information content (AvgIpc) is 2.46. The van der Waals surface area contributed by atoms with Gasteiger partial charge in [-0.3, -0.25) is 0 Å². The van der Waals surface area contributed by atoms with Crippen molar-refractivity contribution in [2.75, 3.05) is 20.0 Å². The normalized spacial score (nSPS) is 11.9. The molecule has 2 aromatic rings. The third kappa shape index (κ3) is 2.46. The molecule has 5 nitrogen and oxygen atoms in total. The van der Waals surface area contributed by atoms with Crippen LogP contribution in [0.1, 0.15) is 17.2 Å². The molecule has 0 spiro atoms. The summed E-state index contributed by atoms with van der Waals surface area (Å²) in [5, 5.41) is 10.4. The number of aromatic nitrogens is 1. The first-order valence-electron chi connectivity index (χ1n) is 5.78. The summed E-state index contributed by atoms with van der Waals surface area (Å²) in [4.78, 5) is 3.97. The van der Waals surface area contributed by atoms with E-state index in [-0.39, 0.29) is 0 Å². The number of nitrogen functional groups attached to an aromatic ring is 1. The Morgan fingerprint density at radius 1 is 1.11 bits per heavy atom. The second kappa shape index (κ2) is 5.58. The van der Waals surface area contributed by atoms with Gasteiger partial charge in [-0.1, -0.05) is 18.2 Å². The van der Waals surface area contributed by atoms with E-state index in [1.54, 1.807) is 43.6 Å². The van der Waals surface area contributed by atoms with E-state index in [2.05, 4.69) is 4.98 Å². The molecule has 0 amide bonds. The first kappa shape index (κ1) is 13.2. The van der Waals surface area contributed by atoms with E-state index in [0.29, 0.717) is 28.4 Å². The van der Waals surface area contributed by atoms with Crippen molar-refractivity contribution >= 4 is 5.82 Å². The van der Waals surface area contributed by atoms with Crippen molar-refractivity contribution in [3.63, 3.8) is 0 Å². The maximum atomic E-state index is 10.4. The number of benzene rings is 1. The summed E-state index contributed by atoms with van der Waals surface area (Å²) in [7, 11) is 3.08. The number of aliphatic hydroxyl groups is 1. The van der Waals surface area contributed by atoms with Crippen molar-refractivity contribution in [2.45, 2.75) is 6.10 Å². The van der Waals surface area contributed by atoms with E-state index in [4.69, 9.17) is 15.2 Å². The predicted octanol–water partition coefficient (Wildman–Crippen LogP) is 1.76. The van der Waals surface area contributed by atoms with Gasteiger partial charge in [0.1, 0.15) is 11.9 Å². The molecule has 0 aliphatic rings. The lowest BCUT2D eigenvalue weighted by Gasteiger charge is -2.18. The lowest BCUT2D eigenvalue weighted by atomic mass is 10.0. The first-order chi connectivity index (χ1) is 9.19. The van der Waals surface area contributed by atoms with E-state index in [9.17, 15) is 5.11 Å². The molecule has 3 N–H and O–H groups in total. The minimum atomic E-state index is -0.918. The van der Waals surface area contributed by atoms with E-state index in [1.165, 1.54) is 7.11 Å². The van der Waals surface area contributed by atoms with Gasteiger partial charge in [0, 0.05) is 17.3 Å². The second-order valence-electron chi connectivity index (χ2n) is 3.96. The molecule has 0 saturated carbocycles. The van der Waals surface area contributed by atoms with Crippen molar-refractivity contribution in [1.29, 1.82) is 0 Å². The van der Waals surface area contributed by atoms with Gasteiger partial charge in [-0.15, -0.1) is 0 Å². The topological polar surface area (TPSA) is 77.6 Å². The molecule has 0 fully saturated rings. The molecule has 19 heavy (non-hydrogen) atoms. The van der Waals surface area contributed by atoms with E-state index >= 15 is 0 Å². The summed E-state index contributed by atoms with van der Waals surface area (Å²) in [6.07, 6.45) is 0.660. The SMILES string of the molecule is COc1cccc(C(O)c2cccnc2N)c1OC. The average molecular weight is 260 g/mol. The van der Waals surface area contributed by atoms with Gasteiger partial charge in [0.2, 0.25) is 0 Å². The zero-order valence-corrected chi connectivity index (χ0v) is 10.8. The summed E-state index contributed by atoms with van der Waals surface area (Å²) >= 11 is 0. The summed E-state index contributed by atoms with van der Waals surface area (Å²) in [6, 6.07) is 8.76. The van der Waals surface area contributed by atoms with Crippen LogP contribution in [0.3, 0.4) is 0 Å². The molecule has 1 heterocycles. The van der Waals surface area contributed by atoms with Crippen LogP contribution in [0.2, 0.25) is 0 Å². The van der Waals surface area contributed by atoms with Crippen LogP contribution in [0.4, 0.5) is 5.82 Å². The number of anilines is 1. The Morgan fingerprint density at radius 3 is 2.47 bits per heavy atom. The smallest absolute Gasteiger partial charge is 0.166 e. The van der Waals surface area contributed by atoms with E-state index in [1.807, 2.05) is 0 Å². The summed E-state index contributed by atoms with van der Waals surface area (Å²) in [5.41, 5.74) is 6.90. The molecule has 1 aromatic heterocycles. The number of ether oxygens (including phenoxy) is 2. The van der Waals surface area contributed by atoms with Crippen LogP contribution >= 0.6 is 0 Å². The number of nitrogens with zero attached hydrogens (tertiary/aromatic N) is 1. The van der Waals surface area contributed by atoms with Crippen molar-refractivity contribution < 1.29 is 14.6 Å². The molecular weight excluding hydrogens is 244 g/mol. The second-order valence-corrected chi connectivity index (χ2v) is 3.96. The van der Waals surface area contributed by atoms with Gasteiger partial charge in [0.15, 0.2) is 11.5 Å². The summed E-state index contributed by atoms with van der Waals surface area (Å²) in [6.45, 7) is 0. The quantitative estimate of drug-likeness (QED) is 0.876. The Bertz CT molecular complexity index is 572. The maximum Gasteiger partial charge on any atom is 0.166 e. The first-order valence-corrected chi connectivity index (χ1v) is 5.78. The molecular formula is C14H16N2O3. The highest BCUT2D eigenvalue weighted by atomic mass is 16.5. The highest BCUT2D eigenvalue weighted by Gasteiger charge is 2.20. The lowest BCUT2D eigenvalue weighted by Crippen LogP contribution is -2.07. The lowest BCUT2D eigenvalue weighted by molar-refractivity contribution is 0.213. The van der Waals surface area contributed by atoms with Crippen LogP contribution in [-0.4, -0.2) is 24.3 Å².